The first-order chi connectivity index (χ1) is 6.83. The van der Waals surface area contributed by atoms with Crippen LogP contribution in [-0.2, 0) is 0 Å². The van der Waals surface area contributed by atoms with Crippen molar-refractivity contribution in [3.8, 4) is 0 Å². The van der Waals surface area contributed by atoms with Gasteiger partial charge in [-0.05, 0) is 36.5 Å². The summed E-state index contributed by atoms with van der Waals surface area (Å²) in [6.45, 7) is 4.79. The fraction of sp³-hybridized carbons (Fsp3) is 1.00. The minimum Gasteiger partial charge on any atom is -0.0654 e. The van der Waals surface area contributed by atoms with Gasteiger partial charge in [0.2, 0.25) is 0 Å². The summed E-state index contributed by atoms with van der Waals surface area (Å²) in [5.41, 5.74) is 0. The molecule has 2 rings (SSSR count). The normalized spacial score (nSPS) is 36.9. The summed E-state index contributed by atoms with van der Waals surface area (Å²) in [5, 5.41) is 0. The average Bonchev–Trinajstić information content (AvgIpc) is 2.71. The van der Waals surface area contributed by atoms with Gasteiger partial charge in [-0.1, -0.05) is 52.4 Å². The highest BCUT2D eigenvalue weighted by Gasteiger charge is 2.44. The molecule has 0 aliphatic heterocycles. The monoisotopic (exact) mass is 194 g/mol. The first kappa shape index (κ1) is 10.5. The van der Waals surface area contributed by atoms with Crippen LogP contribution < -0.4 is 0 Å². The quantitative estimate of drug-likeness (QED) is 0.578. The maximum atomic E-state index is 2.48. The molecule has 0 heterocycles. The predicted octanol–water partition coefficient (Wildman–Crippen LogP) is 4.64. The number of hydrogen-bond donors (Lipinski definition) is 0. The molecule has 82 valence electrons. The Bertz CT molecular complexity index is 169. The third-order valence-electron chi connectivity index (χ3n) is 4.78. The number of unbranched alkanes of at least 4 members (excludes halogenated alkanes) is 1. The Kier molecular flexibility index (Phi) is 3.52. The zero-order valence-electron chi connectivity index (χ0n) is 9.97. The Morgan fingerprint density at radius 3 is 2.29 bits per heavy atom. The highest BCUT2D eigenvalue weighted by atomic mass is 14.5. The van der Waals surface area contributed by atoms with Crippen LogP contribution in [0.4, 0.5) is 0 Å². The van der Waals surface area contributed by atoms with Crippen molar-refractivity contribution in [2.45, 2.75) is 65.2 Å². The van der Waals surface area contributed by atoms with Crippen LogP contribution in [0.3, 0.4) is 0 Å². The predicted molar refractivity (Wildman–Crippen MR) is 62.2 cm³/mol. The Morgan fingerprint density at radius 1 is 1.00 bits per heavy atom. The van der Waals surface area contributed by atoms with Gasteiger partial charge in [-0.2, -0.15) is 0 Å². The summed E-state index contributed by atoms with van der Waals surface area (Å²) in [7, 11) is 0. The van der Waals surface area contributed by atoms with Crippen molar-refractivity contribution >= 4 is 0 Å². The molecular weight excluding hydrogens is 168 g/mol. The lowest BCUT2D eigenvalue weighted by atomic mass is 9.81. The molecular formula is C14H26. The molecule has 0 aromatic carbocycles. The molecule has 0 aromatic rings. The highest BCUT2D eigenvalue weighted by Crippen LogP contribution is 2.52. The molecule has 3 unspecified atom stereocenters. The van der Waals surface area contributed by atoms with Crippen molar-refractivity contribution in [2.24, 2.45) is 23.7 Å². The first-order valence-electron chi connectivity index (χ1n) is 6.83. The van der Waals surface area contributed by atoms with Gasteiger partial charge >= 0.3 is 0 Å². The topological polar surface area (TPSA) is 0 Å². The van der Waals surface area contributed by atoms with Crippen molar-refractivity contribution in [1.82, 2.24) is 0 Å². The second-order valence-corrected chi connectivity index (χ2v) is 5.70. The molecule has 2 aliphatic carbocycles. The fourth-order valence-electron chi connectivity index (χ4n) is 3.24. The third kappa shape index (κ3) is 2.32. The molecule has 0 spiro atoms. The van der Waals surface area contributed by atoms with E-state index in [1.54, 1.807) is 25.7 Å². The van der Waals surface area contributed by atoms with Crippen LogP contribution in [0.5, 0.6) is 0 Å². The lowest BCUT2D eigenvalue weighted by molar-refractivity contribution is 0.281. The Morgan fingerprint density at radius 2 is 1.71 bits per heavy atom. The lowest BCUT2D eigenvalue weighted by Gasteiger charge is -2.25. The molecule has 0 bridgehead atoms. The van der Waals surface area contributed by atoms with Gasteiger partial charge in [-0.15, -0.1) is 0 Å². The summed E-state index contributed by atoms with van der Waals surface area (Å²) in [6.07, 6.45) is 12.1. The van der Waals surface area contributed by atoms with E-state index in [0.717, 1.165) is 23.7 Å². The second kappa shape index (κ2) is 4.68. The summed E-state index contributed by atoms with van der Waals surface area (Å²) in [5.74, 6) is 4.45. The van der Waals surface area contributed by atoms with Gasteiger partial charge in [-0.25, -0.2) is 0 Å². The summed E-state index contributed by atoms with van der Waals surface area (Å²) in [6, 6.07) is 0. The van der Waals surface area contributed by atoms with E-state index in [2.05, 4.69) is 13.8 Å². The fourth-order valence-corrected chi connectivity index (χ4v) is 3.24. The molecule has 0 heteroatoms. The van der Waals surface area contributed by atoms with Gasteiger partial charge in [0.25, 0.3) is 0 Å². The van der Waals surface area contributed by atoms with E-state index < -0.39 is 0 Å². The summed E-state index contributed by atoms with van der Waals surface area (Å²) >= 11 is 0. The summed E-state index contributed by atoms with van der Waals surface area (Å²) in [4.78, 5) is 0. The van der Waals surface area contributed by atoms with Gasteiger partial charge in [-0.3, -0.25) is 0 Å². The maximum absolute atomic E-state index is 2.48. The van der Waals surface area contributed by atoms with Crippen LogP contribution in [0, 0.1) is 23.7 Å². The molecule has 0 saturated heterocycles. The lowest BCUT2D eigenvalue weighted by Crippen LogP contribution is -2.10. The molecule has 0 amide bonds. The van der Waals surface area contributed by atoms with Crippen LogP contribution >= 0.6 is 0 Å². The average molecular weight is 194 g/mol. The van der Waals surface area contributed by atoms with E-state index >= 15 is 0 Å². The first-order valence-corrected chi connectivity index (χ1v) is 6.83. The van der Waals surface area contributed by atoms with Gasteiger partial charge in [0.15, 0.2) is 0 Å². The molecule has 14 heavy (non-hydrogen) atoms. The SMILES string of the molecule is CCCCC1C(C)C1CCC1CCC1. The molecule has 2 fully saturated rings. The van der Waals surface area contributed by atoms with Gasteiger partial charge < -0.3 is 0 Å². The van der Waals surface area contributed by atoms with Gasteiger partial charge in [0.05, 0.1) is 0 Å². The Balaban J connectivity index is 1.57. The largest absolute Gasteiger partial charge is 0.0654 e. The van der Waals surface area contributed by atoms with Crippen LogP contribution in [0.25, 0.3) is 0 Å². The molecule has 2 saturated carbocycles. The van der Waals surface area contributed by atoms with Gasteiger partial charge in [0.1, 0.15) is 0 Å². The highest BCUT2D eigenvalue weighted by molar-refractivity contribution is 4.94. The van der Waals surface area contributed by atoms with E-state index in [1.165, 1.54) is 25.7 Å². The van der Waals surface area contributed by atoms with Crippen LogP contribution in [0.15, 0.2) is 0 Å². The smallest absolute Gasteiger partial charge is 0.0355 e. The second-order valence-electron chi connectivity index (χ2n) is 5.70. The van der Waals surface area contributed by atoms with Crippen LogP contribution in [-0.4, -0.2) is 0 Å². The van der Waals surface area contributed by atoms with E-state index in [9.17, 15) is 0 Å². The number of rotatable bonds is 6. The zero-order chi connectivity index (χ0) is 9.97. The molecule has 2 aliphatic rings. The van der Waals surface area contributed by atoms with Crippen molar-refractivity contribution in [2.75, 3.05) is 0 Å². The van der Waals surface area contributed by atoms with Crippen molar-refractivity contribution in [1.29, 1.82) is 0 Å². The maximum Gasteiger partial charge on any atom is -0.0355 e. The minimum absolute atomic E-state index is 1.07. The van der Waals surface area contributed by atoms with Crippen molar-refractivity contribution < 1.29 is 0 Å². The zero-order valence-corrected chi connectivity index (χ0v) is 9.97. The van der Waals surface area contributed by atoms with E-state index in [1.807, 2.05) is 0 Å². The van der Waals surface area contributed by atoms with Crippen LogP contribution in [0.2, 0.25) is 0 Å². The van der Waals surface area contributed by atoms with Gasteiger partial charge in [0, 0.05) is 0 Å². The van der Waals surface area contributed by atoms with E-state index in [0.29, 0.717) is 0 Å². The summed E-state index contributed by atoms with van der Waals surface area (Å²) < 4.78 is 0. The Labute approximate surface area is 89.5 Å². The molecule has 0 N–H and O–H groups in total. The molecule has 0 nitrogen and oxygen atoms in total. The van der Waals surface area contributed by atoms with Crippen LogP contribution in [0.1, 0.15) is 65.2 Å². The third-order valence-corrected chi connectivity index (χ3v) is 4.78. The molecule has 0 radical (unpaired) electrons. The van der Waals surface area contributed by atoms with E-state index in [-0.39, 0.29) is 0 Å². The van der Waals surface area contributed by atoms with Crippen molar-refractivity contribution in [3.63, 3.8) is 0 Å². The molecule has 3 atom stereocenters. The Hall–Kier alpha value is 0. The van der Waals surface area contributed by atoms with E-state index in [4.69, 9.17) is 0 Å². The van der Waals surface area contributed by atoms with Crippen molar-refractivity contribution in [3.05, 3.63) is 0 Å². The number of hydrogen-bond acceptors (Lipinski definition) is 0. The minimum atomic E-state index is 1.07. The molecule has 0 aromatic heterocycles. The standard InChI is InChI=1S/C14H26/c1-3-4-8-13-11(2)14(13)10-9-12-6-5-7-12/h11-14H,3-10H2,1-2H3.